The van der Waals surface area contributed by atoms with Crippen molar-refractivity contribution in [2.24, 2.45) is 0 Å². The molecule has 2 atom stereocenters. The van der Waals surface area contributed by atoms with E-state index in [0.717, 1.165) is 36.6 Å². The molecule has 0 aromatic heterocycles. The van der Waals surface area contributed by atoms with Crippen LogP contribution in [0.15, 0.2) is 18.2 Å². The number of benzene rings is 1. The molecule has 0 fully saturated rings. The van der Waals surface area contributed by atoms with E-state index in [2.05, 4.69) is 5.32 Å². The van der Waals surface area contributed by atoms with Crippen molar-refractivity contribution >= 4 is 0 Å². The van der Waals surface area contributed by atoms with Crippen LogP contribution in [0, 0.1) is 13.8 Å². The highest BCUT2D eigenvalue weighted by Gasteiger charge is 2.37. The van der Waals surface area contributed by atoms with Gasteiger partial charge in [0.15, 0.2) is 6.10 Å². The molecule has 0 aliphatic rings. The standard InChI is InChI=1S/C16H24F3NO/c1-5-6-20-15(10-21-13(4)16(17,18)19)14-8-11(2)7-12(3)9-14/h7-9,13,15,20H,5-6,10H2,1-4H3. The van der Waals surface area contributed by atoms with Gasteiger partial charge in [-0.05, 0) is 39.3 Å². The van der Waals surface area contributed by atoms with Gasteiger partial charge in [-0.1, -0.05) is 36.2 Å². The molecule has 1 aromatic carbocycles. The topological polar surface area (TPSA) is 21.3 Å². The van der Waals surface area contributed by atoms with Crippen molar-refractivity contribution in [1.82, 2.24) is 5.32 Å². The quantitative estimate of drug-likeness (QED) is 0.810. The first-order chi connectivity index (χ1) is 9.74. The third-order valence-corrected chi connectivity index (χ3v) is 3.26. The van der Waals surface area contributed by atoms with E-state index in [1.165, 1.54) is 0 Å². The Labute approximate surface area is 124 Å². The van der Waals surface area contributed by atoms with Gasteiger partial charge >= 0.3 is 6.18 Å². The smallest absolute Gasteiger partial charge is 0.367 e. The molecule has 0 amide bonds. The first-order valence-corrected chi connectivity index (χ1v) is 7.24. The zero-order valence-electron chi connectivity index (χ0n) is 13.1. The lowest BCUT2D eigenvalue weighted by Gasteiger charge is -2.23. The van der Waals surface area contributed by atoms with Crippen molar-refractivity contribution in [3.63, 3.8) is 0 Å². The summed E-state index contributed by atoms with van der Waals surface area (Å²) in [4.78, 5) is 0. The Kier molecular flexibility index (Phi) is 6.68. The van der Waals surface area contributed by atoms with Gasteiger partial charge < -0.3 is 10.1 Å². The second-order valence-corrected chi connectivity index (χ2v) is 5.44. The number of ether oxygens (including phenoxy) is 1. The summed E-state index contributed by atoms with van der Waals surface area (Å²) in [6.45, 7) is 7.76. The van der Waals surface area contributed by atoms with Crippen molar-refractivity contribution in [2.45, 2.75) is 52.4 Å². The molecule has 2 nitrogen and oxygen atoms in total. The van der Waals surface area contributed by atoms with Gasteiger partial charge in [-0.2, -0.15) is 13.2 Å². The fourth-order valence-electron chi connectivity index (χ4n) is 2.14. The number of aryl methyl sites for hydroxylation is 2. The van der Waals surface area contributed by atoms with Crippen LogP contribution in [-0.4, -0.2) is 25.4 Å². The van der Waals surface area contributed by atoms with Gasteiger partial charge in [-0.25, -0.2) is 0 Å². The van der Waals surface area contributed by atoms with Crippen LogP contribution in [0.3, 0.4) is 0 Å². The molecule has 0 aliphatic carbocycles. The molecular weight excluding hydrogens is 279 g/mol. The van der Waals surface area contributed by atoms with E-state index in [9.17, 15) is 13.2 Å². The lowest BCUT2D eigenvalue weighted by Crippen LogP contribution is -2.33. The van der Waals surface area contributed by atoms with Crippen LogP contribution in [0.5, 0.6) is 0 Å². The van der Waals surface area contributed by atoms with E-state index in [0.29, 0.717) is 0 Å². The number of rotatable bonds is 7. The van der Waals surface area contributed by atoms with Crippen LogP contribution >= 0.6 is 0 Å². The molecule has 0 radical (unpaired) electrons. The third kappa shape index (κ3) is 6.06. The predicted molar refractivity (Wildman–Crippen MR) is 78.4 cm³/mol. The van der Waals surface area contributed by atoms with Crippen LogP contribution in [0.1, 0.15) is 43.0 Å². The molecule has 2 unspecified atom stereocenters. The maximum atomic E-state index is 12.5. The summed E-state index contributed by atoms with van der Waals surface area (Å²) < 4.78 is 42.6. The summed E-state index contributed by atoms with van der Waals surface area (Å²) >= 11 is 0. The van der Waals surface area contributed by atoms with Crippen LogP contribution in [0.4, 0.5) is 13.2 Å². The normalized spacial score (nSPS) is 15.0. The minimum atomic E-state index is -4.32. The lowest BCUT2D eigenvalue weighted by molar-refractivity contribution is -0.215. The Bertz CT molecular complexity index is 425. The third-order valence-electron chi connectivity index (χ3n) is 3.26. The second-order valence-electron chi connectivity index (χ2n) is 5.44. The Morgan fingerprint density at radius 3 is 2.19 bits per heavy atom. The summed E-state index contributed by atoms with van der Waals surface area (Å²) in [5.74, 6) is 0. The summed E-state index contributed by atoms with van der Waals surface area (Å²) in [7, 11) is 0. The molecule has 21 heavy (non-hydrogen) atoms. The molecule has 0 saturated heterocycles. The van der Waals surface area contributed by atoms with E-state index in [1.807, 2.05) is 39.0 Å². The van der Waals surface area contributed by atoms with E-state index in [-0.39, 0.29) is 12.6 Å². The fraction of sp³-hybridized carbons (Fsp3) is 0.625. The van der Waals surface area contributed by atoms with Gasteiger partial charge in [-0.3, -0.25) is 0 Å². The van der Waals surface area contributed by atoms with E-state index in [1.54, 1.807) is 0 Å². The van der Waals surface area contributed by atoms with Crippen LogP contribution in [0.25, 0.3) is 0 Å². The zero-order chi connectivity index (χ0) is 16.0. The molecule has 1 N–H and O–H groups in total. The molecule has 1 rings (SSSR count). The van der Waals surface area contributed by atoms with Crippen LogP contribution in [0.2, 0.25) is 0 Å². The fourth-order valence-corrected chi connectivity index (χ4v) is 2.14. The van der Waals surface area contributed by atoms with Crippen LogP contribution < -0.4 is 5.32 Å². The van der Waals surface area contributed by atoms with Gasteiger partial charge in [0.2, 0.25) is 0 Å². The maximum Gasteiger partial charge on any atom is 0.414 e. The molecule has 5 heteroatoms. The molecular formula is C16H24F3NO. The molecule has 0 bridgehead atoms. The first kappa shape index (κ1) is 18.0. The number of alkyl halides is 3. The van der Waals surface area contributed by atoms with Crippen molar-refractivity contribution in [1.29, 1.82) is 0 Å². The monoisotopic (exact) mass is 303 g/mol. The molecule has 120 valence electrons. The lowest BCUT2D eigenvalue weighted by atomic mass is 10.0. The minimum Gasteiger partial charge on any atom is -0.367 e. The zero-order valence-corrected chi connectivity index (χ0v) is 13.1. The van der Waals surface area contributed by atoms with Gasteiger partial charge in [-0.15, -0.1) is 0 Å². The minimum absolute atomic E-state index is 0.00354. The van der Waals surface area contributed by atoms with Gasteiger partial charge in [0.1, 0.15) is 0 Å². The number of hydrogen-bond acceptors (Lipinski definition) is 2. The van der Waals surface area contributed by atoms with Gasteiger partial charge in [0, 0.05) is 0 Å². The summed E-state index contributed by atoms with van der Waals surface area (Å²) in [5, 5.41) is 3.25. The Morgan fingerprint density at radius 1 is 1.14 bits per heavy atom. The van der Waals surface area contributed by atoms with E-state index < -0.39 is 12.3 Å². The van der Waals surface area contributed by atoms with E-state index >= 15 is 0 Å². The molecule has 0 aliphatic heterocycles. The summed E-state index contributed by atoms with van der Waals surface area (Å²) in [6.07, 6.45) is -5.16. The SMILES string of the molecule is CCCNC(COC(C)C(F)(F)F)c1cc(C)cc(C)c1. The second kappa shape index (κ2) is 7.80. The van der Waals surface area contributed by atoms with Crippen molar-refractivity contribution in [3.8, 4) is 0 Å². The number of nitrogens with one attached hydrogen (secondary N) is 1. The van der Waals surface area contributed by atoms with Crippen molar-refractivity contribution in [3.05, 3.63) is 34.9 Å². The van der Waals surface area contributed by atoms with Gasteiger partial charge in [0.25, 0.3) is 0 Å². The highest BCUT2D eigenvalue weighted by Crippen LogP contribution is 2.24. The molecule has 0 spiro atoms. The summed E-state index contributed by atoms with van der Waals surface area (Å²) in [5.41, 5.74) is 3.16. The Balaban J connectivity index is 2.80. The molecule has 0 saturated carbocycles. The van der Waals surface area contributed by atoms with Crippen LogP contribution in [-0.2, 0) is 4.74 Å². The average Bonchev–Trinajstić information content (AvgIpc) is 2.36. The highest BCUT2D eigenvalue weighted by atomic mass is 19.4. The Hall–Kier alpha value is -1.07. The Morgan fingerprint density at radius 2 is 1.71 bits per heavy atom. The van der Waals surface area contributed by atoms with E-state index in [4.69, 9.17) is 4.74 Å². The number of hydrogen-bond donors (Lipinski definition) is 1. The first-order valence-electron chi connectivity index (χ1n) is 7.24. The largest absolute Gasteiger partial charge is 0.414 e. The maximum absolute atomic E-state index is 12.5. The molecule has 0 heterocycles. The number of halogens is 3. The van der Waals surface area contributed by atoms with Crippen molar-refractivity contribution in [2.75, 3.05) is 13.2 Å². The predicted octanol–water partition coefficient (Wildman–Crippen LogP) is 4.31. The average molecular weight is 303 g/mol. The highest BCUT2D eigenvalue weighted by molar-refractivity contribution is 5.30. The summed E-state index contributed by atoms with van der Waals surface area (Å²) in [6, 6.07) is 5.79. The molecule has 1 aromatic rings. The van der Waals surface area contributed by atoms with Gasteiger partial charge in [0.05, 0.1) is 12.6 Å². The van der Waals surface area contributed by atoms with Crippen molar-refractivity contribution < 1.29 is 17.9 Å².